The third-order valence-corrected chi connectivity index (χ3v) is 3.62. The van der Waals surface area contributed by atoms with Crippen molar-refractivity contribution in [1.82, 2.24) is 5.32 Å². The summed E-state index contributed by atoms with van der Waals surface area (Å²) >= 11 is 3.40. The van der Waals surface area contributed by atoms with Crippen molar-refractivity contribution in [2.45, 2.75) is 32.2 Å². The molecule has 0 unspecified atom stereocenters. The third-order valence-electron chi connectivity index (χ3n) is 3.03. The van der Waals surface area contributed by atoms with Crippen molar-refractivity contribution in [2.75, 3.05) is 14.2 Å². The lowest BCUT2D eigenvalue weighted by Crippen LogP contribution is -2.22. The topological polar surface area (TPSA) is 84.9 Å². The first-order valence-corrected chi connectivity index (χ1v) is 7.66. The number of hydrogen-bond acceptors (Lipinski definition) is 4. The predicted octanol–water partition coefficient (Wildman–Crippen LogP) is 2.73. The number of amides is 1. The van der Waals surface area contributed by atoms with Gasteiger partial charge in [0.2, 0.25) is 5.91 Å². The van der Waals surface area contributed by atoms with E-state index in [1.54, 1.807) is 20.3 Å². The van der Waals surface area contributed by atoms with Crippen LogP contribution in [0, 0.1) is 0 Å². The van der Waals surface area contributed by atoms with E-state index in [1.807, 2.05) is 6.07 Å². The van der Waals surface area contributed by atoms with E-state index >= 15 is 0 Å². The molecule has 7 heteroatoms. The molecule has 0 aliphatic carbocycles. The first-order chi connectivity index (χ1) is 10.5. The minimum absolute atomic E-state index is 0.0932. The van der Waals surface area contributed by atoms with Crippen molar-refractivity contribution in [3.63, 3.8) is 0 Å². The smallest absolute Gasteiger partial charge is 0.303 e. The number of carboxylic acid groups (broad SMARTS) is 1. The van der Waals surface area contributed by atoms with E-state index in [9.17, 15) is 9.59 Å². The molecule has 1 aromatic carbocycles. The number of rotatable bonds is 9. The number of aliphatic carboxylic acids is 1. The van der Waals surface area contributed by atoms with Gasteiger partial charge in [-0.25, -0.2) is 0 Å². The monoisotopic (exact) mass is 373 g/mol. The van der Waals surface area contributed by atoms with Crippen LogP contribution in [0.4, 0.5) is 0 Å². The molecule has 0 heterocycles. The lowest BCUT2D eigenvalue weighted by atomic mass is 10.1. The van der Waals surface area contributed by atoms with Crippen molar-refractivity contribution in [1.29, 1.82) is 0 Å². The van der Waals surface area contributed by atoms with Crippen LogP contribution in [0.5, 0.6) is 11.5 Å². The minimum Gasteiger partial charge on any atom is -0.493 e. The fraction of sp³-hybridized carbons (Fsp3) is 0.467. The van der Waals surface area contributed by atoms with E-state index in [2.05, 4.69) is 21.2 Å². The van der Waals surface area contributed by atoms with E-state index in [4.69, 9.17) is 14.6 Å². The molecule has 0 aliphatic heterocycles. The maximum Gasteiger partial charge on any atom is 0.303 e. The summed E-state index contributed by atoms with van der Waals surface area (Å²) in [6, 6.07) is 3.65. The largest absolute Gasteiger partial charge is 0.493 e. The Kier molecular flexibility index (Phi) is 7.73. The lowest BCUT2D eigenvalue weighted by molar-refractivity contribution is -0.137. The zero-order valence-corrected chi connectivity index (χ0v) is 14.2. The Balaban J connectivity index is 2.49. The van der Waals surface area contributed by atoms with Gasteiger partial charge >= 0.3 is 5.97 Å². The van der Waals surface area contributed by atoms with Crippen LogP contribution in [-0.4, -0.2) is 31.2 Å². The summed E-state index contributed by atoms with van der Waals surface area (Å²) in [5.74, 6) is 0.251. The Morgan fingerprint density at radius 2 is 1.86 bits per heavy atom. The van der Waals surface area contributed by atoms with Crippen LogP contribution in [0.15, 0.2) is 16.6 Å². The van der Waals surface area contributed by atoms with Crippen molar-refractivity contribution in [2.24, 2.45) is 0 Å². The number of carboxylic acids is 1. The molecule has 0 atom stereocenters. The highest BCUT2D eigenvalue weighted by Crippen LogP contribution is 2.36. The van der Waals surface area contributed by atoms with Gasteiger partial charge in [-0.3, -0.25) is 9.59 Å². The van der Waals surface area contributed by atoms with Crippen LogP contribution in [0.3, 0.4) is 0 Å². The maximum absolute atomic E-state index is 11.7. The zero-order chi connectivity index (χ0) is 16.5. The Bertz CT molecular complexity index is 533. The SMILES string of the molecule is COc1cc(CNC(=O)CCCCC(=O)O)cc(Br)c1OC. The van der Waals surface area contributed by atoms with E-state index in [1.165, 1.54) is 0 Å². The molecule has 0 spiro atoms. The number of hydrogen-bond donors (Lipinski definition) is 2. The van der Waals surface area contributed by atoms with Crippen molar-refractivity contribution in [3.8, 4) is 11.5 Å². The standard InChI is InChI=1S/C15H20BrNO5/c1-21-12-8-10(7-11(16)15(12)22-2)9-17-13(18)5-3-4-6-14(19)20/h7-8H,3-6,9H2,1-2H3,(H,17,18)(H,19,20). The van der Waals surface area contributed by atoms with Crippen LogP contribution >= 0.6 is 15.9 Å². The van der Waals surface area contributed by atoms with Crippen LogP contribution in [0.1, 0.15) is 31.2 Å². The summed E-state index contributed by atoms with van der Waals surface area (Å²) in [5, 5.41) is 11.3. The predicted molar refractivity (Wildman–Crippen MR) is 85.2 cm³/mol. The zero-order valence-electron chi connectivity index (χ0n) is 12.6. The summed E-state index contributed by atoms with van der Waals surface area (Å²) in [6.45, 7) is 0.372. The number of methoxy groups -OCH3 is 2. The Labute approximate surface area is 137 Å². The lowest BCUT2D eigenvalue weighted by Gasteiger charge is -2.12. The molecule has 0 saturated carbocycles. The Morgan fingerprint density at radius 1 is 1.18 bits per heavy atom. The van der Waals surface area contributed by atoms with E-state index in [-0.39, 0.29) is 12.3 Å². The van der Waals surface area contributed by atoms with Gasteiger partial charge in [0.25, 0.3) is 0 Å². The number of carbonyl (C=O) groups is 2. The van der Waals surface area contributed by atoms with Crippen LogP contribution in [-0.2, 0) is 16.1 Å². The molecular formula is C15H20BrNO5. The second kappa shape index (κ2) is 9.30. The molecule has 22 heavy (non-hydrogen) atoms. The molecule has 0 bridgehead atoms. The Morgan fingerprint density at radius 3 is 2.45 bits per heavy atom. The number of carbonyl (C=O) groups excluding carboxylic acids is 1. The fourth-order valence-corrected chi connectivity index (χ4v) is 2.58. The van der Waals surface area contributed by atoms with Gasteiger partial charge in [-0.15, -0.1) is 0 Å². The molecule has 0 aliphatic rings. The van der Waals surface area contributed by atoms with Crippen LogP contribution in [0.25, 0.3) is 0 Å². The average Bonchev–Trinajstić information content (AvgIpc) is 2.48. The number of benzene rings is 1. The van der Waals surface area contributed by atoms with Gasteiger partial charge in [-0.05, 0) is 46.5 Å². The highest BCUT2D eigenvalue weighted by Gasteiger charge is 2.11. The van der Waals surface area contributed by atoms with Gasteiger partial charge in [0.1, 0.15) is 0 Å². The van der Waals surface area contributed by atoms with E-state index in [0.717, 1.165) is 10.0 Å². The van der Waals surface area contributed by atoms with Crippen LogP contribution < -0.4 is 14.8 Å². The molecule has 0 fully saturated rings. The molecule has 1 aromatic rings. The van der Waals surface area contributed by atoms with Gasteiger partial charge in [-0.1, -0.05) is 0 Å². The summed E-state index contributed by atoms with van der Waals surface area (Å²) in [6.07, 6.45) is 1.48. The second-order valence-corrected chi connectivity index (χ2v) is 5.55. The van der Waals surface area contributed by atoms with Crippen molar-refractivity contribution in [3.05, 3.63) is 22.2 Å². The van der Waals surface area contributed by atoms with Crippen molar-refractivity contribution >= 4 is 27.8 Å². The first-order valence-electron chi connectivity index (χ1n) is 6.86. The molecule has 1 rings (SSSR count). The molecule has 0 saturated heterocycles. The highest BCUT2D eigenvalue weighted by atomic mass is 79.9. The van der Waals surface area contributed by atoms with E-state index in [0.29, 0.717) is 37.3 Å². The third kappa shape index (κ3) is 5.93. The quantitative estimate of drug-likeness (QED) is 0.650. The summed E-state index contributed by atoms with van der Waals surface area (Å²) in [5.41, 5.74) is 0.878. The summed E-state index contributed by atoms with van der Waals surface area (Å²) in [4.78, 5) is 22.1. The molecule has 0 radical (unpaired) electrons. The molecule has 122 valence electrons. The number of ether oxygens (including phenoxy) is 2. The normalized spacial score (nSPS) is 10.1. The van der Waals surface area contributed by atoms with Gasteiger partial charge in [-0.2, -0.15) is 0 Å². The van der Waals surface area contributed by atoms with Crippen molar-refractivity contribution < 1.29 is 24.2 Å². The molecule has 2 N–H and O–H groups in total. The highest BCUT2D eigenvalue weighted by molar-refractivity contribution is 9.10. The van der Waals surface area contributed by atoms with Gasteiger partial charge < -0.3 is 19.9 Å². The molecule has 1 amide bonds. The first kappa shape index (κ1) is 18.3. The molecular weight excluding hydrogens is 354 g/mol. The number of nitrogens with one attached hydrogen (secondary N) is 1. The van der Waals surface area contributed by atoms with Gasteiger partial charge in [0, 0.05) is 19.4 Å². The molecule has 6 nitrogen and oxygen atoms in total. The molecule has 0 aromatic heterocycles. The van der Waals surface area contributed by atoms with Gasteiger partial charge in [0.05, 0.1) is 18.7 Å². The number of unbranched alkanes of at least 4 members (excludes halogenated alkanes) is 1. The summed E-state index contributed by atoms with van der Waals surface area (Å²) < 4.78 is 11.2. The Hall–Kier alpha value is -1.76. The van der Waals surface area contributed by atoms with Gasteiger partial charge in [0.15, 0.2) is 11.5 Å². The number of halogens is 1. The second-order valence-electron chi connectivity index (χ2n) is 4.69. The maximum atomic E-state index is 11.7. The minimum atomic E-state index is -0.837. The average molecular weight is 374 g/mol. The van der Waals surface area contributed by atoms with E-state index < -0.39 is 5.97 Å². The summed E-state index contributed by atoms with van der Waals surface area (Å²) in [7, 11) is 3.11. The van der Waals surface area contributed by atoms with Crippen LogP contribution in [0.2, 0.25) is 0 Å². The fourth-order valence-electron chi connectivity index (χ4n) is 1.92.